The Hall–Kier alpha value is -2.36. The first-order valence-electron chi connectivity index (χ1n) is 7.39. The highest BCUT2D eigenvalue weighted by Gasteiger charge is 2.27. The standard InChI is InChI=1S/C18H19FN2O/c1-11-9-14-7-8-21(10-13-3-5-15(19)6-4-13)18(22)16(14)12(2)17(11)20/h3-6,9H,7-8,10,20H2,1-2H3. The Labute approximate surface area is 129 Å². The number of nitrogens with zero attached hydrogens (tertiary/aromatic N) is 1. The van der Waals surface area contributed by atoms with Gasteiger partial charge in [0.05, 0.1) is 0 Å². The second-order valence-electron chi connectivity index (χ2n) is 5.87. The van der Waals surface area contributed by atoms with Crippen molar-refractivity contribution >= 4 is 11.6 Å². The van der Waals surface area contributed by atoms with Crippen LogP contribution in [0.4, 0.5) is 10.1 Å². The van der Waals surface area contributed by atoms with Gasteiger partial charge in [0, 0.05) is 24.3 Å². The van der Waals surface area contributed by atoms with E-state index in [0.717, 1.165) is 34.2 Å². The van der Waals surface area contributed by atoms with Crippen LogP contribution in [0.25, 0.3) is 0 Å². The number of carbonyl (C=O) groups excluding carboxylic acids is 1. The van der Waals surface area contributed by atoms with Crippen LogP contribution in [0.5, 0.6) is 0 Å². The average molecular weight is 298 g/mol. The molecule has 3 rings (SSSR count). The molecule has 114 valence electrons. The van der Waals surface area contributed by atoms with Crippen LogP contribution in [-0.2, 0) is 13.0 Å². The largest absolute Gasteiger partial charge is 0.398 e. The maximum absolute atomic E-state index is 13.0. The summed E-state index contributed by atoms with van der Waals surface area (Å²) in [5, 5.41) is 0. The summed E-state index contributed by atoms with van der Waals surface area (Å²) in [6.07, 6.45) is 0.824. The summed E-state index contributed by atoms with van der Waals surface area (Å²) in [6, 6.07) is 8.29. The highest BCUT2D eigenvalue weighted by molar-refractivity contribution is 5.99. The van der Waals surface area contributed by atoms with Crippen molar-refractivity contribution in [1.29, 1.82) is 0 Å². The van der Waals surface area contributed by atoms with Crippen molar-refractivity contribution in [3.05, 3.63) is 64.0 Å². The maximum Gasteiger partial charge on any atom is 0.254 e. The van der Waals surface area contributed by atoms with E-state index < -0.39 is 0 Å². The van der Waals surface area contributed by atoms with Crippen molar-refractivity contribution in [3.8, 4) is 0 Å². The number of aryl methyl sites for hydroxylation is 1. The number of halogens is 1. The smallest absolute Gasteiger partial charge is 0.254 e. The van der Waals surface area contributed by atoms with Gasteiger partial charge >= 0.3 is 0 Å². The van der Waals surface area contributed by atoms with Gasteiger partial charge in [-0.05, 0) is 54.7 Å². The first-order valence-corrected chi connectivity index (χ1v) is 7.39. The third-order valence-corrected chi connectivity index (χ3v) is 4.35. The van der Waals surface area contributed by atoms with Crippen LogP contribution in [0.1, 0.15) is 32.6 Å². The van der Waals surface area contributed by atoms with Gasteiger partial charge in [-0.2, -0.15) is 0 Å². The Balaban J connectivity index is 1.91. The number of amides is 1. The molecule has 4 heteroatoms. The minimum Gasteiger partial charge on any atom is -0.398 e. The lowest BCUT2D eigenvalue weighted by molar-refractivity contribution is 0.0726. The normalized spacial score (nSPS) is 14.1. The van der Waals surface area contributed by atoms with Crippen LogP contribution < -0.4 is 5.73 Å². The number of rotatable bonds is 2. The van der Waals surface area contributed by atoms with Crippen molar-refractivity contribution in [2.24, 2.45) is 0 Å². The third kappa shape index (κ3) is 2.45. The predicted molar refractivity (Wildman–Crippen MR) is 85.2 cm³/mol. The summed E-state index contributed by atoms with van der Waals surface area (Å²) in [6.45, 7) is 5.04. The van der Waals surface area contributed by atoms with Gasteiger partial charge in [-0.3, -0.25) is 4.79 Å². The molecule has 0 saturated carbocycles. The lowest BCUT2D eigenvalue weighted by Crippen LogP contribution is -2.37. The minimum absolute atomic E-state index is 0.00905. The summed E-state index contributed by atoms with van der Waals surface area (Å²) in [5.41, 5.74) is 11.4. The zero-order valence-electron chi connectivity index (χ0n) is 12.8. The van der Waals surface area contributed by atoms with E-state index in [9.17, 15) is 9.18 Å². The molecule has 1 heterocycles. The second-order valence-corrected chi connectivity index (χ2v) is 5.87. The van der Waals surface area contributed by atoms with Crippen LogP contribution in [0.15, 0.2) is 30.3 Å². The van der Waals surface area contributed by atoms with E-state index in [1.165, 1.54) is 12.1 Å². The van der Waals surface area contributed by atoms with Gasteiger partial charge < -0.3 is 10.6 Å². The fourth-order valence-electron chi connectivity index (χ4n) is 3.05. The number of nitrogen functional groups attached to an aromatic ring is 1. The quantitative estimate of drug-likeness (QED) is 0.865. The molecule has 1 aliphatic heterocycles. The van der Waals surface area contributed by atoms with E-state index in [2.05, 4.69) is 0 Å². The summed E-state index contributed by atoms with van der Waals surface area (Å²) in [4.78, 5) is 14.6. The lowest BCUT2D eigenvalue weighted by atomic mass is 9.91. The molecule has 2 aromatic rings. The number of fused-ring (bicyclic) bond motifs is 1. The number of hydrogen-bond acceptors (Lipinski definition) is 2. The fraction of sp³-hybridized carbons (Fsp3) is 0.278. The number of carbonyl (C=O) groups is 1. The zero-order chi connectivity index (χ0) is 15.9. The van der Waals surface area contributed by atoms with E-state index in [1.54, 1.807) is 17.0 Å². The molecule has 0 saturated heterocycles. The Morgan fingerprint density at radius 1 is 1.23 bits per heavy atom. The van der Waals surface area contributed by atoms with Gasteiger partial charge in [-0.15, -0.1) is 0 Å². The molecule has 0 radical (unpaired) electrons. The maximum atomic E-state index is 13.0. The Morgan fingerprint density at radius 3 is 2.59 bits per heavy atom. The summed E-state index contributed by atoms with van der Waals surface area (Å²) < 4.78 is 13.0. The Morgan fingerprint density at radius 2 is 1.91 bits per heavy atom. The number of nitrogens with two attached hydrogens (primary N) is 1. The number of anilines is 1. The topological polar surface area (TPSA) is 46.3 Å². The molecule has 0 atom stereocenters. The van der Waals surface area contributed by atoms with Crippen molar-refractivity contribution in [1.82, 2.24) is 4.90 Å². The van der Waals surface area contributed by atoms with Crippen LogP contribution in [-0.4, -0.2) is 17.4 Å². The highest BCUT2D eigenvalue weighted by Crippen LogP contribution is 2.29. The first-order chi connectivity index (χ1) is 10.5. The van der Waals surface area contributed by atoms with Crippen LogP contribution in [0.3, 0.4) is 0 Å². The first kappa shape index (κ1) is 14.6. The Kier molecular flexibility index (Phi) is 3.61. The number of benzene rings is 2. The molecule has 0 fully saturated rings. The average Bonchev–Trinajstić information content (AvgIpc) is 2.50. The third-order valence-electron chi connectivity index (χ3n) is 4.35. The molecule has 2 N–H and O–H groups in total. The second kappa shape index (κ2) is 5.44. The summed E-state index contributed by atoms with van der Waals surface area (Å²) >= 11 is 0. The van der Waals surface area contributed by atoms with Crippen molar-refractivity contribution < 1.29 is 9.18 Å². The molecule has 1 amide bonds. The molecular formula is C18H19FN2O. The molecule has 0 bridgehead atoms. The summed E-state index contributed by atoms with van der Waals surface area (Å²) in [5.74, 6) is -0.257. The molecular weight excluding hydrogens is 279 g/mol. The van der Waals surface area contributed by atoms with E-state index in [4.69, 9.17) is 5.73 Å². The van der Waals surface area contributed by atoms with Gasteiger partial charge in [0.15, 0.2) is 0 Å². The van der Waals surface area contributed by atoms with E-state index in [0.29, 0.717) is 18.8 Å². The fourth-order valence-corrected chi connectivity index (χ4v) is 3.05. The monoisotopic (exact) mass is 298 g/mol. The zero-order valence-corrected chi connectivity index (χ0v) is 12.8. The SMILES string of the molecule is Cc1cc2c(c(C)c1N)C(=O)N(Cc1ccc(F)cc1)CC2. The minimum atomic E-state index is -0.266. The molecule has 3 nitrogen and oxygen atoms in total. The van der Waals surface area contributed by atoms with Gasteiger partial charge in [-0.25, -0.2) is 4.39 Å². The molecule has 0 unspecified atom stereocenters. The molecule has 2 aromatic carbocycles. The molecule has 0 aromatic heterocycles. The van der Waals surface area contributed by atoms with Gasteiger partial charge in [0.2, 0.25) is 0 Å². The van der Waals surface area contributed by atoms with Gasteiger partial charge in [0.25, 0.3) is 5.91 Å². The van der Waals surface area contributed by atoms with Crippen LogP contribution in [0, 0.1) is 19.7 Å². The molecule has 0 spiro atoms. The predicted octanol–water partition coefficient (Wildman–Crippen LogP) is 3.22. The van der Waals surface area contributed by atoms with E-state index in [1.807, 2.05) is 19.9 Å². The van der Waals surface area contributed by atoms with Crippen LogP contribution in [0.2, 0.25) is 0 Å². The Bertz CT molecular complexity index is 738. The van der Waals surface area contributed by atoms with E-state index in [-0.39, 0.29) is 11.7 Å². The molecule has 1 aliphatic rings. The number of hydrogen-bond donors (Lipinski definition) is 1. The van der Waals surface area contributed by atoms with Crippen molar-refractivity contribution in [2.75, 3.05) is 12.3 Å². The lowest BCUT2D eigenvalue weighted by Gasteiger charge is -2.30. The molecule has 0 aliphatic carbocycles. The van der Waals surface area contributed by atoms with Gasteiger partial charge in [0.1, 0.15) is 5.82 Å². The summed E-state index contributed by atoms with van der Waals surface area (Å²) in [7, 11) is 0. The highest BCUT2D eigenvalue weighted by atomic mass is 19.1. The van der Waals surface area contributed by atoms with Crippen molar-refractivity contribution in [3.63, 3.8) is 0 Å². The molecule has 22 heavy (non-hydrogen) atoms. The van der Waals surface area contributed by atoms with Crippen LogP contribution >= 0.6 is 0 Å². The van der Waals surface area contributed by atoms with Gasteiger partial charge in [-0.1, -0.05) is 18.2 Å². The van der Waals surface area contributed by atoms with Crippen molar-refractivity contribution in [2.45, 2.75) is 26.8 Å². The van der Waals surface area contributed by atoms with E-state index >= 15 is 0 Å².